The monoisotopic (exact) mass is 315 g/mol. The van der Waals surface area contributed by atoms with Crippen LogP contribution in [0.4, 0.5) is 11.5 Å². The molecule has 4 rings (SSSR count). The van der Waals surface area contributed by atoms with Crippen LogP contribution in [0.3, 0.4) is 0 Å². The first kappa shape index (κ1) is 14.5. The van der Waals surface area contributed by atoms with E-state index in [2.05, 4.69) is 47.3 Å². The molecule has 4 heteroatoms. The third kappa shape index (κ3) is 2.74. The Morgan fingerprint density at radius 3 is 2.42 bits per heavy atom. The largest absolute Gasteiger partial charge is 0.461 e. The molecule has 0 aliphatic carbocycles. The van der Waals surface area contributed by atoms with Crippen LogP contribution in [0.1, 0.15) is 11.1 Å². The van der Waals surface area contributed by atoms with Crippen molar-refractivity contribution < 1.29 is 4.42 Å². The van der Waals surface area contributed by atoms with Crippen LogP contribution >= 0.6 is 0 Å². The van der Waals surface area contributed by atoms with Gasteiger partial charge in [-0.25, -0.2) is 9.97 Å². The van der Waals surface area contributed by atoms with Gasteiger partial charge in [0.15, 0.2) is 11.6 Å². The summed E-state index contributed by atoms with van der Waals surface area (Å²) < 4.78 is 5.46. The number of para-hydroxylation sites is 1. The zero-order valence-electron chi connectivity index (χ0n) is 13.6. The molecule has 0 atom stereocenters. The zero-order valence-corrected chi connectivity index (χ0v) is 13.6. The highest BCUT2D eigenvalue weighted by Gasteiger charge is 2.11. The Morgan fingerprint density at radius 2 is 1.67 bits per heavy atom. The molecule has 0 saturated carbocycles. The van der Waals surface area contributed by atoms with Gasteiger partial charge < -0.3 is 9.73 Å². The summed E-state index contributed by atoms with van der Waals surface area (Å²) in [6.07, 6.45) is 1.63. The lowest BCUT2D eigenvalue weighted by Gasteiger charge is -2.11. The topological polar surface area (TPSA) is 51.0 Å². The molecule has 118 valence electrons. The van der Waals surface area contributed by atoms with Gasteiger partial charge in [0.1, 0.15) is 5.82 Å². The molecule has 0 radical (unpaired) electrons. The zero-order chi connectivity index (χ0) is 16.5. The Kier molecular flexibility index (Phi) is 3.50. The number of aromatic nitrogens is 2. The van der Waals surface area contributed by atoms with Crippen LogP contribution in [0.25, 0.3) is 22.5 Å². The average molecular weight is 315 g/mol. The van der Waals surface area contributed by atoms with Crippen LogP contribution in [0.2, 0.25) is 0 Å². The molecule has 1 N–H and O–H groups in total. The fourth-order valence-electron chi connectivity index (χ4n) is 2.87. The van der Waals surface area contributed by atoms with Gasteiger partial charge in [-0.1, -0.05) is 18.2 Å². The van der Waals surface area contributed by atoms with Crippen molar-refractivity contribution in [1.82, 2.24) is 9.97 Å². The first-order valence-electron chi connectivity index (χ1n) is 7.85. The maximum absolute atomic E-state index is 5.46. The van der Waals surface area contributed by atoms with Crippen molar-refractivity contribution in [2.24, 2.45) is 0 Å². The number of rotatable bonds is 3. The van der Waals surface area contributed by atoms with Crippen molar-refractivity contribution in [3.05, 3.63) is 72.0 Å². The predicted octanol–water partition coefficient (Wildman–Crippen LogP) is 5.25. The Labute approximate surface area is 140 Å². The van der Waals surface area contributed by atoms with E-state index in [4.69, 9.17) is 4.42 Å². The molecule has 2 aromatic carbocycles. The van der Waals surface area contributed by atoms with E-state index in [0.717, 1.165) is 22.4 Å². The quantitative estimate of drug-likeness (QED) is 0.561. The summed E-state index contributed by atoms with van der Waals surface area (Å²) in [5, 5.41) is 4.42. The van der Waals surface area contributed by atoms with Gasteiger partial charge in [-0.3, -0.25) is 0 Å². The molecular weight excluding hydrogens is 298 g/mol. The summed E-state index contributed by atoms with van der Waals surface area (Å²) in [7, 11) is 0. The number of nitrogens with zero attached hydrogens (tertiary/aromatic N) is 2. The Balaban J connectivity index is 1.86. The van der Waals surface area contributed by atoms with E-state index < -0.39 is 0 Å². The Bertz CT molecular complexity index is 987. The van der Waals surface area contributed by atoms with E-state index in [1.54, 1.807) is 6.26 Å². The van der Waals surface area contributed by atoms with Crippen LogP contribution in [-0.4, -0.2) is 9.97 Å². The van der Waals surface area contributed by atoms with Crippen molar-refractivity contribution in [1.29, 1.82) is 0 Å². The molecular formula is C20H17N3O. The molecule has 24 heavy (non-hydrogen) atoms. The van der Waals surface area contributed by atoms with Crippen LogP contribution in [0.15, 0.2) is 65.3 Å². The van der Waals surface area contributed by atoms with Gasteiger partial charge in [0.2, 0.25) is 0 Å². The summed E-state index contributed by atoms with van der Waals surface area (Å²) in [5.41, 5.74) is 4.32. The third-order valence-electron chi connectivity index (χ3n) is 3.83. The fraction of sp³-hybridized carbons (Fsp3) is 0.100. The second-order valence-electron chi connectivity index (χ2n) is 5.89. The lowest BCUT2D eigenvalue weighted by molar-refractivity contribution is 0.577. The Morgan fingerprint density at radius 1 is 0.875 bits per heavy atom. The lowest BCUT2D eigenvalue weighted by atomic mass is 10.1. The normalized spacial score (nSPS) is 10.9. The van der Waals surface area contributed by atoms with E-state index in [1.807, 2.05) is 36.4 Å². The SMILES string of the molecule is Cc1cc(C)cc(Nc2nc(-c3ccco3)nc3ccccc23)c1. The van der Waals surface area contributed by atoms with E-state index in [-0.39, 0.29) is 0 Å². The molecule has 0 saturated heterocycles. The number of hydrogen-bond acceptors (Lipinski definition) is 4. The molecule has 0 unspecified atom stereocenters. The van der Waals surface area contributed by atoms with Crippen molar-refractivity contribution >= 4 is 22.4 Å². The number of hydrogen-bond donors (Lipinski definition) is 1. The molecule has 0 aliphatic heterocycles. The maximum atomic E-state index is 5.46. The van der Waals surface area contributed by atoms with E-state index >= 15 is 0 Å². The molecule has 0 spiro atoms. The van der Waals surface area contributed by atoms with Crippen molar-refractivity contribution in [2.75, 3.05) is 5.32 Å². The maximum Gasteiger partial charge on any atom is 0.198 e. The first-order valence-corrected chi connectivity index (χ1v) is 7.85. The third-order valence-corrected chi connectivity index (χ3v) is 3.83. The minimum absolute atomic E-state index is 0.575. The molecule has 2 heterocycles. The van der Waals surface area contributed by atoms with Crippen molar-refractivity contribution in [2.45, 2.75) is 13.8 Å². The van der Waals surface area contributed by atoms with Crippen LogP contribution in [-0.2, 0) is 0 Å². The first-order chi connectivity index (χ1) is 11.7. The van der Waals surface area contributed by atoms with Gasteiger partial charge in [-0.05, 0) is 61.4 Å². The molecule has 0 bridgehead atoms. The van der Waals surface area contributed by atoms with Crippen molar-refractivity contribution in [3.8, 4) is 11.6 Å². The molecule has 0 aliphatic rings. The van der Waals surface area contributed by atoms with Gasteiger partial charge in [-0.2, -0.15) is 0 Å². The van der Waals surface area contributed by atoms with Crippen LogP contribution in [0.5, 0.6) is 0 Å². The van der Waals surface area contributed by atoms with Gasteiger partial charge >= 0.3 is 0 Å². The predicted molar refractivity (Wildman–Crippen MR) is 96.4 cm³/mol. The highest BCUT2D eigenvalue weighted by atomic mass is 16.3. The highest BCUT2D eigenvalue weighted by Crippen LogP contribution is 2.28. The summed E-state index contributed by atoms with van der Waals surface area (Å²) in [4.78, 5) is 9.29. The van der Waals surface area contributed by atoms with Gasteiger partial charge in [-0.15, -0.1) is 0 Å². The summed E-state index contributed by atoms with van der Waals surface area (Å²) in [6, 6.07) is 18.0. The second-order valence-corrected chi connectivity index (χ2v) is 5.89. The number of furan rings is 1. The van der Waals surface area contributed by atoms with Gasteiger partial charge in [0, 0.05) is 11.1 Å². The van der Waals surface area contributed by atoms with E-state index in [0.29, 0.717) is 11.6 Å². The lowest BCUT2D eigenvalue weighted by Crippen LogP contribution is -1.99. The number of benzene rings is 2. The molecule has 0 amide bonds. The summed E-state index contributed by atoms with van der Waals surface area (Å²) in [6.45, 7) is 4.18. The van der Waals surface area contributed by atoms with E-state index in [1.165, 1.54) is 11.1 Å². The molecule has 2 aromatic heterocycles. The van der Waals surface area contributed by atoms with Gasteiger partial charge in [0.25, 0.3) is 0 Å². The minimum Gasteiger partial charge on any atom is -0.461 e. The van der Waals surface area contributed by atoms with E-state index in [9.17, 15) is 0 Å². The van der Waals surface area contributed by atoms with Gasteiger partial charge in [0.05, 0.1) is 11.8 Å². The smallest absolute Gasteiger partial charge is 0.198 e. The number of fused-ring (bicyclic) bond motifs is 1. The average Bonchev–Trinajstić information content (AvgIpc) is 3.08. The summed E-state index contributed by atoms with van der Waals surface area (Å²) >= 11 is 0. The molecule has 4 aromatic rings. The minimum atomic E-state index is 0.575. The second kappa shape index (κ2) is 5.81. The number of anilines is 2. The summed E-state index contributed by atoms with van der Waals surface area (Å²) in [5.74, 6) is 2.01. The molecule has 0 fully saturated rings. The number of aryl methyl sites for hydroxylation is 2. The number of nitrogens with one attached hydrogen (secondary N) is 1. The van der Waals surface area contributed by atoms with Crippen molar-refractivity contribution in [3.63, 3.8) is 0 Å². The fourth-order valence-corrected chi connectivity index (χ4v) is 2.87. The highest BCUT2D eigenvalue weighted by molar-refractivity contribution is 5.92. The van der Waals surface area contributed by atoms with Crippen LogP contribution < -0.4 is 5.32 Å². The molecule has 4 nitrogen and oxygen atoms in total. The standard InChI is InChI=1S/C20H17N3O/c1-13-10-14(2)12-15(11-13)21-19-16-6-3-4-7-17(16)22-20(23-19)18-8-5-9-24-18/h3-12H,1-2H3,(H,21,22,23). The van der Waals surface area contributed by atoms with Crippen LogP contribution in [0, 0.1) is 13.8 Å². The Hall–Kier alpha value is -3.14.